The second-order valence-corrected chi connectivity index (χ2v) is 4.47. The first kappa shape index (κ1) is 11.0. The minimum absolute atomic E-state index is 0.126. The van der Waals surface area contributed by atoms with Gasteiger partial charge in [-0.05, 0) is 17.7 Å². The van der Waals surface area contributed by atoms with E-state index in [9.17, 15) is 9.67 Å². The van der Waals surface area contributed by atoms with Crippen LogP contribution in [0.3, 0.4) is 0 Å². The molecule has 0 heterocycles. The standard InChI is InChI=1S/C8H11O5P/c1-13-8-3-2-6(4-7(8)9)5-14(10,11)12/h2-4,9H,5H2,1H3,(H2,10,11,12). The Kier molecular flexibility index (Phi) is 3.16. The summed E-state index contributed by atoms with van der Waals surface area (Å²) in [5.41, 5.74) is 0.372. The van der Waals surface area contributed by atoms with Crippen molar-refractivity contribution >= 4 is 7.60 Å². The largest absolute Gasteiger partial charge is 0.504 e. The summed E-state index contributed by atoms with van der Waals surface area (Å²) < 4.78 is 15.4. The topological polar surface area (TPSA) is 87.0 Å². The molecular formula is C8H11O5P. The van der Waals surface area contributed by atoms with Gasteiger partial charge in [0.15, 0.2) is 11.5 Å². The summed E-state index contributed by atoms with van der Waals surface area (Å²) >= 11 is 0. The highest BCUT2D eigenvalue weighted by Crippen LogP contribution is 2.40. The van der Waals surface area contributed by atoms with E-state index < -0.39 is 7.60 Å². The summed E-state index contributed by atoms with van der Waals surface area (Å²) in [4.78, 5) is 17.4. The molecular weight excluding hydrogens is 207 g/mol. The Bertz CT molecular complexity index is 370. The lowest BCUT2D eigenvalue weighted by atomic mass is 10.2. The Morgan fingerprint density at radius 2 is 2.07 bits per heavy atom. The fourth-order valence-corrected chi connectivity index (χ4v) is 1.74. The van der Waals surface area contributed by atoms with Crippen molar-refractivity contribution in [2.24, 2.45) is 0 Å². The molecule has 0 unspecified atom stereocenters. The maximum atomic E-state index is 10.6. The van der Waals surface area contributed by atoms with Crippen molar-refractivity contribution in [3.63, 3.8) is 0 Å². The molecule has 0 aromatic heterocycles. The molecule has 1 aromatic carbocycles. The number of benzene rings is 1. The SMILES string of the molecule is COc1ccc(CP(=O)(O)O)cc1O. The van der Waals surface area contributed by atoms with Gasteiger partial charge in [-0.25, -0.2) is 0 Å². The van der Waals surface area contributed by atoms with Crippen molar-refractivity contribution in [3.05, 3.63) is 23.8 Å². The van der Waals surface area contributed by atoms with Gasteiger partial charge in [-0.3, -0.25) is 4.57 Å². The molecule has 0 saturated heterocycles. The van der Waals surface area contributed by atoms with Crippen molar-refractivity contribution in [1.29, 1.82) is 0 Å². The van der Waals surface area contributed by atoms with Crippen LogP contribution in [0.25, 0.3) is 0 Å². The van der Waals surface area contributed by atoms with Crippen LogP contribution in [-0.4, -0.2) is 22.0 Å². The minimum atomic E-state index is -4.08. The van der Waals surface area contributed by atoms with Crippen LogP contribution in [0.4, 0.5) is 0 Å². The van der Waals surface area contributed by atoms with Gasteiger partial charge >= 0.3 is 7.60 Å². The molecule has 3 N–H and O–H groups in total. The Morgan fingerprint density at radius 3 is 2.50 bits per heavy atom. The van der Waals surface area contributed by atoms with E-state index >= 15 is 0 Å². The van der Waals surface area contributed by atoms with E-state index in [0.29, 0.717) is 5.56 Å². The number of methoxy groups -OCH3 is 1. The molecule has 0 fully saturated rings. The molecule has 5 nitrogen and oxygen atoms in total. The lowest BCUT2D eigenvalue weighted by Crippen LogP contribution is -1.89. The Hall–Kier alpha value is -1.03. The summed E-state index contributed by atoms with van der Waals surface area (Å²) in [5.74, 6) is 0.151. The lowest BCUT2D eigenvalue weighted by molar-refractivity contribution is 0.369. The molecule has 0 saturated carbocycles. The monoisotopic (exact) mass is 218 g/mol. The maximum absolute atomic E-state index is 10.6. The van der Waals surface area contributed by atoms with Gasteiger partial charge in [0.2, 0.25) is 0 Å². The molecule has 78 valence electrons. The molecule has 6 heteroatoms. The third-order valence-electron chi connectivity index (χ3n) is 1.63. The summed E-state index contributed by atoms with van der Waals surface area (Å²) in [7, 11) is -2.68. The second kappa shape index (κ2) is 4.00. The average molecular weight is 218 g/mol. The number of ether oxygens (including phenoxy) is 1. The molecule has 0 aliphatic carbocycles. The van der Waals surface area contributed by atoms with Gasteiger partial charge < -0.3 is 19.6 Å². The molecule has 0 aliphatic heterocycles. The zero-order valence-electron chi connectivity index (χ0n) is 7.54. The first-order valence-electron chi connectivity index (χ1n) is 3.83. The summed E-state index contributed by atoms with van der Waals surface area (Å²) in [6.07, 6.45) is -0.384. The fraction of sp³-hybridized carbons (Fsp3) is 0.250. The number of hydrogen-bond donors (Lipinski definition) is 3. The predicted octanol–water partition coefficient (Wildman–Crippen LogP) is 1.08. The van der Waals surface area contributed by atoms with Gasteiger partial charge in [-0.1, -0.05) is 6.07 Å². The van der Waals surface area contributed by atoms with Crippen molar-refractivity contribution in [2.45, 2.75) is 6.16 Å². The fourth-order valence-electron chi connectivity index (χ4n) is 1.07. The average Bonchev–Trinajstić information content (AvgIpc) is 2.01. The van der Waals surface area contributed by atoms with Crippen LogP contribution in [0.1, 0.15) is 5.56 Å². The van der Waals surface area contributed by atoms with Crippen molar-refractivity contribution in [2.75, 3.05) is 7.11 Å². The van der Waals surface area contributed by atoms with Crippen molar-refractivity contribution < 1.29 is 24.2 Å². The number of phenolic OH excluding ortho intramolecular Hbond substituents is 1. The summed E-state index contributed by atoms with van der Waals surface area (Å²) in [6.45, 7) is 0. The highest BCUT2D eigenvalue weighted by atomic mass is 31.2. The van der Waals surface area contributed by atoms with Crippen LogP contribution in [0.5, 0.6) is 11.5 Å². The van der Waals surface area contributed by atoms with Gasteiger partial charge in [0.1, 0.15) is 0 Å². The van der Waals surface area contributed by atoms with E-state index in [4.69, 9.17) is 14.5 Å². The van der Waals surface area contributed by atoms with E-state index in [1.165, 1.54) is 25.3 Å². The van der Waals surface area contributed by atoms with E-state index in [1.54, 1.807) is 0 Å². The molecule has 1 aromatic rings. The number of phenols is 1. The maximum Gasteiger partial charge on any atom is 0.329 e. The number of rotatable bonds is 3. The lowest BCUT2D eigenvalue weighted by Gasteiger charge is -2.07. The van der Waals surface area contributed by atoms with E-state index in [2.05, 4.69) is 0 Å². The molecule has 0 bridgehead atoms. The Labute approximate surface area is 81.1 Å². The third kappa shape index (κ3) is 3.03. The van der Waals surface area contributed by atoms with E-state index in [0.717, 1.165) is 0 Å². The van der Waals surface area contributed by atoms with Gasteiger partial charge in [-0.2, -0.15) is 0 Å². The zero-order valence-corrected chi connectivity index (χ0v) is 8.44. The van der Waals surface area contributed by atoms with Gasteiger partial charge in [0.25, 0.3) is 0 Å². The Morgan fingerprint density at radius 1 is 1.43 bits per heavy atom. The summed E-state index contributed by atoms with van der Waals surface area (Å²) in [6, 6.07) is 4.23. The number of hydrogen-bond acceptors (Lipinski definition) is 3. The molecule has 0 atom stereocenters. The molecule has 0 amide bonds. The van der Waals surface area contributed by atoms with Crippen LogP contribution in [-0.2, 0) is 10.7 Å². The highest BCUT2D eigenvalue weighted by molar-refractivity contribution is 7.50. The summed E-state index contributed by atoms with van der Waals surface area (Å²) in [5, 5.41) is 9.31. The van der Waals surface area contributed by atoms with Crippen molar-refractivity contribution in [3.8, 4) is 11.5 Å². The number of aromatic hydroxyl groups is 1. The highest BCUT2D eigenvalue weighted by Gasteiger charge is 2.14. The van der Waals surface area contributed by atoms with Gasteiger partial charge in [0.05, 0.1) is 13.3 Å². The predicted molar refractivity (Wildman–Crippen MR) is 50.4 cm³/mol. The molecule has 1 rings (SSSR count). The first-order chi connectivity index (χ1) is 6.42. The van der Waals surface area contributed by atoms with E-state index in [1.807, 2.05) is 0 Å². The molecule has 0 spiro atoms. The van der Waals surface area contributed by atoms with Crippen LogP contribution in [0, 0.1) is 0 Å². The quantitative estimate of drug-likeness (QED) is 0.661. The zero-order chi connectivity index (χ0) is 10.8. The molecule has 0 aliphatic rings. The first-order valence-corrected chi connectivity index (χ1v) is 5.62. The molecule has 0 radical (unpaired) electrons. The van der Waals surface area contributed by atoms with E-state index in [-0.39, 0.29) is 17.7 Å². The van der Waals surface area contributed by atoms with Gasteiger partial charge in [-0.15, -0.1) is 0 Å². The smallest absolute Gasteiger partial charge is 0.329 e. The second-order valence-electron chi connectivity index (χ2n) is 2.83. The normalized spacial score (nSPS) is 11.4. The van der Waals surface area contributed by atoms with Crippen LogP contribution >= 0.6 is 7.60 Å². The van der Waals surface area contributed by atoms with Crippen LogP contribution in [0.2, 0.25) is 0 Å². The van der Waals surface area contributed by atoms with Gasteiger partial charge in [0, 0.05) is 0 Å². The minimum Gasteiger partial charge on any atom is -0.504 e. The third-order valence-corrected chi connectivity index (χ3v) is 2.41. The van der Waals surface area contributed by atoms with Crippen LogP contribution in [0.15, 0.2) is 18.2 Å². The van der Waals surface area contributed by atoms with Crippen LogP contribution < -0.4 is 4.74 Å². The Balaban J connectivity index is 2.92. The molecule has 14 heavy (non-hydrogen) atoms. The van der Waals surface area contributed by atoms with Crippen molar-refractivity contribution in [1.82, 2.24) is 0 Å².